The molecule has 0 spiro atoms. The Bertz CT molecular complexity index is 1560. The molecule has 2 aromatic heterocycles. The molecule has 10 heteroatoms. The maximum absolute atomic E-state index is 14.0. The minimum atomic E-state index is -4.52. The Balaban J connectivity index is 1.37. The number of alkyl halides is 3. The van der Waals surface area contributed by atoms with Crippen LogP contribution in [0.5, 0.6) is 0 Å². The molecule has 0 bridgehead atoms. The number of aryl methyl sites for hydroxylation is 1. The van der Waals surface area contributed by atoms with Crippen molar-refractivity contribution in [2.75, 3.05) is 25.5 Å². The Morgan fingerprint density at radius 1 is 1.11 bits per heavy atom. The number of benzene rings is 2. The van der Waals surface area contributed by atoms with Gasteiger partial charge in [0.05, 0.1) is 18.0 Å². The lowest BCUT2D eigenvalue weighted by Crippen LogP contribution is -2.30. The molecule has 1 saturated heterocycles. The second-order valence-corrected chi connectivity index (χ2v) is 9.47. The quantitative estimate of drug-likeness (QED) is 0.367. The molecular formula is C28H25F3N6O. The zero-order chi connectivity index (χ0) is 26.9. The van der Waals surface area contributed by atoms with Crippen LogP contribution in [-0.2, 0) is 6.18 Å². The van der Waals surface area contributed by atoms with Crippen LogP contribution in [0.4, 0.5) is 18.9 Å². The lowest BCUT2D eigenvalue weighted by molar-refractivity contribution is -0.138. The minimum absolute atomic E-state index is 0.0934. The number of likely N-dealkylation sites (tertiary alicyclic amines) is 1. The number of nitrogens with zero attached hydrogens (tertiary/aromatic N) is 4. The molecule has 0 atom stereocenters. The van der Waals surface area contributed by atoms with Gasteiger partial charge in [0.1, 0.15) is 11.2 Å². The Hall–Kier alpha value is -4.23. The van der Waals surface area contributed by atoms with E-state index in [1.54, 1.807) is 30.5 Å². The molecule has 194 valence electrons. The Kier molecular flexibility index (Phi) is 6.87. The standard InChI is InChI=1S/C28H25F3N6O/c1-17-3-4-20(13-19(17)5-6-22-15-32-26-25(34-22)16-33-36-26)27(38)35-21-7-8-23(24(14-21)28(29,30)31)18-9-11-37(2)12-10-18/h3-4,7-8,13-16,18H,9-12H2,1-2H3,(H,35,38)(H,32,33,36). The number of piperidine rings is 1. The third-order valence-corrected chi connectivity index (χ3v) is 6.76. The molecule has 0 aliphatic carbocycles. The van der Waals surface area contributed by atoms with Gasteiger partial charge in [0.2, 0.25) is 0 Å². The fourth-order valence-electron chi connectivity index (χ4n) is 4.58. The van der Waals surface area contributed by atoms with E-state index >= 15 is 0 Å². The molecule has 1 aliphatic rings. The summed E-state index contributed by atoms with van der Waals surface area (Å²) in [5.41, 5.74) is 2.98. The maximum atomic E-state index is 14.0. The van der Waals surface area contributed by atoms with E-state index in [-0.39, 0.29) is 22.7 Å². The van der Waals surface area contributed by atoms with E-state index in [1.807, 2.05) is 14.0 Å². The van der Waals surface area contributed by atoms with Crippen molar-refractivity contribution in [3.8, 4) is 11.8 Å². The number of H-pyrrole nitrogens is 1. The molecule has 1 amide bonds. The van der Waals surface area contributed by atoms with Gasteiger partial charge in [0.15, 0.2) is 5.65 Å². The van der Waals surface area contributed by atoms with Crippen molar-refractivity contribution in [3.05, 3.63) is 82.3 Å². The first kappa shape index (κ1) is 25.4. The van der Waals surface area contributed by atoms with Crippen LogP contribution in [0.25, 0.3) is 11.2 Å². The number of fused-ring (bicyclic) bond motifs is 1. The number of aromatic nitrogens is 4. The van der Waals surface area contributed by atoms with E-state index < -0.39 is 17.6 Å². The van der Waals surface area contributed by atoms with Crippen molar-refractivity contribution in [1.82, 2.24) is 25.1 Å². The fraction of sp³-hybridized carbons (Fsp3) is 0.286. The third kappa shape index (κ3) is 5.53. The summed E-state index contributed by atoms with van der Waals surface area (Å²) in [5.74, 6) is 5.26. The van der Waals surface area contributed by atoms with Gasteiger partial charge >= 0.3 is 6.18 Å². The molecule has 5 rings (SSSR count). The third-order valence-electron chi connectivity index (χ3n) is 6.76. The minimum Gasteiger partial charge on any atom is -0.322 e. The van der Waals surface area contributed by atoms with Gasteiger partial charge < -0.3 is 10.2 Å². The van der Waals surface area contributed by atoms with E-state index in [2.05, 4.69) is 42.2 Å². The van der Waals surface area contributed by atoms with Gasteiger partial charge in [-0.05, 0) is 87.1 Å². The van der Waals surface area contributed by atoms with Crippen LogP contribution in [-0.4, -0.2) is 51.1 Å². The number of aromatic amines is 1. The Morgan fingerprint density at radius 3 is 2.66 bits per heavy atom. The summed E-state index contributed by atoms with van der Waals surface area (Å²) >= 11 is 0. The molecule has 0 radical (unpaired) electrons. The molecule has 2 N–H and O–H groups in total. The summed E-state index contributed by atoms with van der Waals surface area (Å²) in [6.45, 7) is 3.36. The zero-order valence-electron chi connectivity index (χ0n) is 20.9. The lowest BCUT2D eigenvalue weighted by Gasteiger charge is -2.31. The average molecular weight is 519 g/mol. The SMILES string of the molecule is Cc1ccc(C(=O)Nc2ccc(C3CCN(C)CC3)c(C(F)(F)F)c2)cc1C#Cc1cnc2[nH]ncc2n1. The van der Waals surface area contributed by atoms with Crippen LogP contribution < -0.4 is 5.32 Å². The predicted octanol–water partition coefficient (Wildman–Crippen LogP) is 5.14. The molecule has 4 aromatic rings. The van der Waals surface area contributed by atoms with Gasteiger partial charge in [-0.2, -0.15) is 18.3 Å². The molecule has 7 nitrogen and oxygen atoms in total. The number of hydrogen-bond donors (Lipinski definition) is 2. The van der Waals surface area contributed by atoms with Crippen LogP contribution in [0.1, 0.15) is 57.1 Å². The van der Waals surface area contributed by atoms with Crippen molar-refractivity contribution >= 4 is 22.8 Å². The van der Waals surface area contributed by atoms with Crippen LogP contribution >= 0.6 is 0 Å². The van der Waals surface area contributed by atoms with Gasteiger partial charge in [-0.3, -0.25) is 9.89 Å². The lowest BCUT2D eigenvalue weighted by atomic mass is 9.86. The monoisotopic (exact) mass is 518 g/mol. The number of halogens is 3. The predicted molar refractivity (Wildman–Crippen MR) is 138 cm³/mol. The number of carbonyl (C=O) groups is 1. The van der Waals surface area contributed by atoms with E-state index in [4.69, 9.17) is 0 Å². The summed E-state index contributed by atoms with van der Waals surface area (Å²) in [6, 6.07) is 9.04. The summed E-state index contributed by atoms with van der Waals surface area (Å²) in [4.78, 5) is 23.7. The smallest absolute Gasteiger partial charge is 0.322 e. The maximum Gasteiger partial charge on any atom is 0.416 e. The number of rotatable bonds is 3. The average Bonchev–Trinajstić information content (AvgIpc) is 3.36. The molecule has 38 heavy (non-hydrogen) atoms. The first-order chi connectivity index (χ1) is 18.2. The largest absolute Gasteiger partial charge is 0.416 e. The summed E-state index contributed by atoms with van der Waals surface area (Å²) in [5, 5.41) is 9.22. The number of amides is 1. The topological polar surface area (TPSA) is 86.8 Å². The molecule has 0 unspecified atom stereocenters. The number of nitrogens with one attached hydrogen (secondary N) is 2. The van der Waals surface area contributed by atoms with Crippen molar-refractivity contribution in [2.24, 2.45) is 0 Å². The van der Waals surface area contributed by atoms with E-state index in [0.29, 0.717) is 35.3 Å². The summed E-state index contributed by atoms with van der Waals surface area (Å²) in [7, 11) is 1.97. The number of anilines is 1. The normalized spacial score (nSPS) is 14.8. The zero-order valence-corrected chi connectivity index (χ0v) is 20.9. The number of hydrogen-bond acceptors (Lipinski definition) is 5. The van der Waals surface area contributed by atoms with Crippen molar-refractivity contribution in [1.29, 1.82) is 0 Å². The Labute approximate surface area is 217 Å². The van der Waals surface area contributed by atoms with Crippen molar-refractivity contribution in [2.45, 2.75) is 31.9 Å². The highest BCUT2D eigenvalue weighted by atomic mass is 19.4. The van der Waals surface area contributed by atoms with Gasteiger partial charge in [-0.25, -0.2) is 9.97 Å². The highest BCUT2D eigenvalue weighted by molar-refractivity contribution is 6.04. The summed E-state index contributed by atoms with van der Waals surface area (Å²) < 4.78 is 41.9. The van der Waals surface area contributed by atoms with E-state index in [9.17, 15) is 18.0 Å². The molecular weight excluding hydrogens is 493 g/mol. The summed E-state index contributed by atoms with van der Waals surface area (Å²) in [6.07, 6.45) is -0.116. The Morgan fingerprint density at radius 2 is 1.89 bits per heavy atom. The van der Waals surface area contributed by atoms with Crippen LogP contribution in [0.3, 0.4) is 0 Å². The molecule has 1 fully saturated rings. The van der Waals surface area contributed by atoms with Crippen LogP contribution in [0, 0.1) is 18.8 Å². The fourth-order valence-corrected chi connectivity index (χ4v) is 4.58. The second kappa shape index (κ2) is 10.3. The number of carbonyl (C=O) groups excluding carboxylic acids is 1. The van der Waals surface area contributed by atoms with Gasteiger partial charge in [-0.15, -0.1) is 0 Å². The molecule has 3 heterocycles. The van der Waals surface area contributed by atoms with Crippen molar-refractivity contribution in [3.63, 3.8) is 0 Å². The van der Waals surface area contributed by atoms with Gasteiger partial charge in [-0.1, -0.05) is 18.1 Å². The van der Waals surface area contributed by atoms with Crippen molar-refractivity contribution < 1.29 is 18.0 Å². The van der Waals surface area contributed by atoms with Gasteiger partial charge in [0.25, 0.3) is 5.91 Å². The van der Waals surface area contributed by atoms with E-state index in [0.717, 1.165) is 24.7 Å². The molecule has 1 aliphatic heterocycles. The van der Waals surface area contributed by atoms with Crippen LogP contribution in [0.15, 0.2) is 48.8 Å². The highest BCUT2D eigenvalue weighted by Gasteiger charge is 2.36. The second-order valence-electron chi connectivity index (χ2n) is 9.47. The molecule has 2 aromatic carbocycles. The molecule has 0 saturated carbocycles. The highest BCUT2D eigenvalue weighted by Crippen LogP contribution is 2.40. The van der Waals surface area contributed by atoms with Crippen LogP contribution in [0.2, 0.25) is 0 Å². The van der Waals surface area contributed by atoms with Gasteiger partial charge in [0, 0.05) is 16.8 Å². The van der Waals surface area contributed by atoms with E-state index in [1.165, 1.54) is 12.3 Å². The first-order valence-electron chi connectivity index (χ1n) is 12.2. The first-order valence-corrected chi connectivity index (χ1v) is 12.2.